The molecule has 2 rings (SSSR count). The standard InChI is InChI=1S/C9H8INO3/c10-6-1-4-9(14-7-2-3-7)8(5-6)11(12)13/h1,4-5,7H,2-3H2. The highest BCUT2D eigenvalue weighted by Crippen LogP contribution is 2.34. The van der Waals surface area contributed by atoms with Gasteiger partial charge in [0.15, 0.2) is 5.75 Å². The van der Waals surface area contributed by atoms with Crippen molar-refractivity contribution in [1.82, 2.24) is 0 Å². The van der Waals surface area contributed by atoms with E-state index in [9.17, 15) is 10.1 Å². The van der Waals surface area contributed by atoms with Gasteiger partial charge in [-0.3, -0.25) is 10.1 Å². The van der Waals surface area contributed by atoms with Gasteiger partial charge in [-0.15, -0.1) is 0 Å². The lowest BCUT2D eigenvalue weighted by molar-refractivity contribution is -0.386. The molecule has 0 aromatic heterocycles. The van der Waals surface area contributed by atoms with Gasteiger partial charge < -0.3 is 4.74 Å². The number of halogens is 1. The second kappa shape index (κ2) is 3.72. The van der Waals surface area contributed by atoms with Gasteiger partial charge in [-0.1, -0.05) is 0 Å². The van der Waals surface area contributed by atoms with Crippen LogP contribution in [0, 0.1) is 13.7 Å². The van der Waals surface area contributed by atoms with Crippen molar-refractivity contribution < 1.29 is 9.66 Å². The maximum atomic E-state index is 10.7. The van der Waals surface area contributed by atoms with Crippen molar-refractivity contribution in [1.29, 1.82) is 0 Å². The fourth-order valence-corrected chi connectivity index (χ4v) is 1.57. The molecule has 0 bridgehead atoms. The summed E-state index contributed by atoms with van der Waals surface area (Å²) in [7, 11) is 0. The van der Waals surface area contributed by atoms with Gasteiger partial charge in [0, 0.05) is 9.64 Å². The minimum Gasteiger partial charge on any atom is -0.483 e. The highest BCUT2D eigenvalue weighted by molar-refractivity contribution is 14.1. The summed E-state index contributed by atoms with van der Waals surface area (Å²) in [4.78, 5) is 10.3. The van der Waals surface area contributed by atoms with E-state index in [1.807, 2.05) is 28.7 Å². The van der Waals surface area contributed by atoms with E-state index in [4.69, 9.17) is 4.74 Å². The van der Waals surface area contributed by atoms with Crippen molar-refractivity contribution in [2.75, 3.05) is 0 Å². The second-order valence-electron chi connectivity index (χ2n) is 3.19. The van der Waals surface area contributed by atoms with Gasteiger partial charge in [-0.2, -0.15) is 0 Å². The van der Waals surface area contributed by atoms with Crippen LogP contribution in [0.25, 0.3) is 0 Å². The molecule has 0 aliphatic heterocycles. The molecule has 1 aromatic carbocycles. The summed E-state index contributed by atoms with van der Waals surface area (Å²) in [6, 6.07) is 5.00. The summed E-state index contributed by atoms with van der Waals surface area (Å²) in [6.07, 6.45) is 2.19. The normalized spacial score (nSPS) is 15.2. The average Bonchev–Trinajstić information content (AvgIpc) is 2.91. The highest BCUT2D eigenvalue weighted by atomic mass is 127. The number of nitro groups is 1. The zero-order valence-electron chi connectivity index (χ0n) is 7.27. The minimum absolute atomic E-state index is 0.0591. The lowest BCUT2D eigenvalue weighted by Gasteiger charge is -2.04. The summed E-state index contributed by atoms with van der Waals surface area (Å²) >= 11 is 2.04. The van der Waals surface area contributed by atoms with Crippen LogP contribution in [-0.2, 0) is 0 Å². The molecule has 5 heteroatoms. The molecule has 14 heavy (non-hydrogen) atoms. The van der Waals surface area contributed by atoms with Gasteiger partial charge in [0.1, 0.15) is 0 Å². The molecule has 1 fully saturated rings. The number of hydrogen-bond acceptors (Lipinski definition) is 3. The van der Waals surface area contributed by atoms with Crippen LogP contribution in [-0.4, -0.2) is 11.0 Å². The lowest BCUT2D eigenvalue weighted by Crippen LogP contribution is -2.00. The van der Waals surface area contributed by atoms with Crippen LogP contribution >= 0.6 is 22.6 Å². The molecule has 0 spiro atoms. The summed E-state index contributed by atoms with van der Waals surface area (Å²) < 4.78 is 6.27. The zero-order valence-corrected chi connectivity index (χ0v) is 9.43. The molecule has 1 saturated carbocycles. The highest BCUT2D eigenvalue weighted by Gasteiger charge is 2.27. The number of benzene rings is 1. The van der Waals surface area contributed by atoms with Crippen LogP contribution in [0.5, 0.6) is 5.75 Å². The maximum absolute atomic E-state index is 10.7. The first-order valence-electron chi connectivity index (χ1n) is 4.27. The first-order chi connectivity index (χ1) is 6.66. The van der Waals surface area contributed by atoms with Crippen molar-refractivity contribution in [3.63, 3.8) is 0 Å². The smallest absolute Gasteiger partial charge is 0.311 e. The molecule has 4 nitrogen and oxygen atoms in total. The Balaban J connectivity index is 2.31. The van der Waals surface area contributed by atoms with Gasteiger partial charge in [0.05, 0.1) is 11.0 Å². The molecule has 1 aliphatic rings. The average molecular weight is 305 g/mol. The van der Waals surface area contributed by atoms with Gasteiger partial charge in [-0.05, 0) is 47.6 Å². The molecule has 74 valence electrons. The monoisotopic (exact) mass is 305 g/mol. The molecule has 1 aliphatic carbocycles. The molecule has 0 N–H and O–H groups in total. The number of nitrogens with zero attached hydrogens (tertiary/aromatic N) is 1. The zero-order chi connectivity index (χ0) is 10.1. The second-order valence-corrected chi connectivity index (χ2v) is 4.43. The lowest BCUT2D eigenvalue weighted by atomic mass is 10.3. The first kappa shape index (κ1) is 9.70. The molecule has 0 atom stereocenters. The van der Waals surface area contributed by atoms with E-state index in [2.05, 4.69) is 0 Å². The van der Waals surface area contributed by atoms with Crippen molar-refractivity contribution >= 4 is 28.3 Å². The maximum Gasteiger partial charge on any atom is 0.311 e. The fourth-order valence-electron chi connectivity index (χ4n) is 1.10. The van der Waals surface area contributed by atoms with Crippen molar-refractivity contribution in [2.45, 2.75) is 18.9 Å². The Morgan fingerprint density at radius 2 is 2.21 bits per heavy atom. The van der Waals surface area contributed by atoms with E-state index in [-0.39, 0.29) is 11.8 Å². The summed E-state index contributed by atoms with van der Waals surface area (Å²) in [5, 5.41) is 10.7. The summed E-state index contributed by atoms with van der Waals surface area (Å²) in [6.45, 7) is 0. The van der Waals surface area contributed by atoms with Gasteiger partial charge in [0.25, 0.3) is 0 Å². The fraction of sp³-hybridized carbons (Fsp3) is 0.333. The Morgan fingerprint density at radius 3 is 2.79 bits per heavy atom. The van der Waals surface area contributed by atoms with Crippen LogP contribution in [0.4, 0.5) is 5.69 Å². The van der Waals surface area contributed by atoms with E-state index < -0.39 is 4.92 Å². The minimum atomic E-state index is -0.403. The topological polar surface area (TPSA) is 52.4 Å². The van der Waals surface area contributed by atoms with Gasteiger partial charge >= 0.3 is 5.69 Å². The van der Waals surface area contributed by atoms with E-state index >= 15 is 0 Å². The Hall–Kier alpha value is -0.850. The molecule has 0 amide bonds. The summed E-state index contributed by atoms with van der Waals surface area (Å²) in [5.41, 5.74) is 0.0591. The van der Waals surface area contributed by atoms with Gasteiger partial charge in [-0.25, -0.2) is 0 Å². The van der Waals surface area contributed by atoms with E-state index in [0.29, 0.717) is 5.75 Å². The van der Waals surface area contributed by atoms with E-state index in [1.165, 1.54) is 6.07 Å². The number of rotatable bonds is 3. The van der Waals surface area contributed by atoms with Crippen molar-refractivity contribution in [2.24, 2.45) is 0 Å². The van der Waals surface area contributed by atoms with Crippen LogP contribution in [0.3, 0.4) is 0 Å². The number of nitro benzene ring substituents is 1. The molecule has 0 unspecified atom stereocenters. The first-order valence-corrected chi connectivity index (χ1v) is 5.35. The SMILES string of the molecule is O=[N+]([O-])c1cc(I)ccc1OC1CC1. The van der Waals surface area contributed by atoms with E-state index in [0.717, 1.165) is 16.4 Å². The Morgan fingerprint density at radius 1 is 1.50 bits per heavy atom. The third kappa shape index (κ3) is 2.14. The van der Waals surface area contributed by atoms with Crippen molar-refractivity contribution in [3.05, 3.63) is 31.9 Å². The largest absolute Gasteiger partial charge is 0.483 e. The number of hydrogen-bond donors (Lipinski definition) is 0. The van der Waals surface area contributed by atoms with Crippen molar-refractivity contribution in [3.8, 4) is 5.75 Å². The molecule has 0 radical (unpaired) electrons. The Kier molecular flexibility index (Phi) is 2.58. The predicted octanol–water partition coefficient (Wildman–Crippen LogP) is 2.74. The summed E-state index contributed by atoms with van der Waals surface area (Å²) in [5.74, 6) is 0.387. The third-order valence-corrected chi connectivity index (χ3v) is 2.61. The number of ether oxygens (including phenoxy) is 1. The molecular weight excluding hydrogens is 297 g/mol. The van der Waals surface area contributed by atoms with Crippen LogP contribution in [0.15, 0.2) is 18.2 Å². The molecule has 0 heterocycles. The van der Waals surface area contributed by atoms with Crippen LogP contribution in [0.1, 0.15) is 12.8 Å². The van der Waals surface area contributed by atoms with E-state index in [1.54, 1.807) is 6.07 Å². The van der Waals surface area contributed by atoms with Gasteiger partial charge in [0.2, 0.25) is 0 Å². The Bertz CT molecular complexity index is 376. The molecular formula is C9H8INO3. The quantitative estimate of drug-likeness (QED) is 0.490. The third-order valence-electron chi connectivity index (χ3n) is 1.94. The molecule has 1 aromatic rings. The Labute approximate surface area is 94.5 Å². The van der Waals surface area contributed by atoms with Crippen LogP contribution in [0.2, 0.25) is 0 Å². The predicted molar refractivity (Wildman–Crippen MR) is 59.5 cm³/mol. The van der Waals surface area contributed by atoms with Crippen LogP contribution < -0.4 is 4.74 Å². The molecule has 0 saturated heterocycles.